The zero-order valence-electron chi connectivity index (χ0n) is 12.6. The Labute approximate surface area is 120 Å². The first-order valence-electron chi connectivity index (χ1n) is 6.64. The zero-order valence-corrected chi connectivity index (χ0v) is 12.6. The number of hydrogen-bond acceptors (Lipinski definition) is 5. The molecule has 0 amide bonds. The molecule has 5 heteroatoms. The number of carbonyl (C=O) groups is 1. The van der Waals surface area contributed by atoms with Gasteiger partial charge in [-0.25, -0.2) is 0 Å². The van der Waals surface area contributed by atoms with Gasteiger partial charge in [0.05, 0.1) is 27.8 Å². The van der Waals surface area contributed by atoms with Gasteiger partial charge in [-0.2, -0.15) is 0 Å². The third-order valence-electron chi connectivity index (χ3n) is 3.16. The highest BCUT2D eigenvalue weighted by molar-refractivity contribution is 5.69. The molecular weight excluding hydrogens is 258 g/mol. The molecule has 0 saturated carbocycles. The van der Waals surface area contributed by atoms with Crippen molar-refractivity contribution in [2.45, 2.75) is 19.9 Å². The Hall–Kier alpha value is -1.75. The quantitative estimate of drug-likeness (QED) is 0.683. The lowest BCUT2D eigenvalue weighted by atomic mass is 10.2. The van der Waals surface area contributed by atoms with Crippen LogP contribution in [0.3, 0.4) is 0 Å². The lowest BCUT2D eigenvalue weighted by Gasteiger charge is -2.20. The van der Waals surface area contributed by atoms with E-state index in [9.17, 15) is 4.79 Å². The SMILES string of the molecule is CCN(CCC(=O)OC)Cc1ccc(OC)c(OC)c1. The van der Waals surface area contributed by atoms with E-state index in [2.05, 4.69) is 16.6 Å². The molecule has 1 aromatic carbocycles. The van der Waals surface area contributed by atoms with Crippen molar-refractivity contribution in [3.8, 4) is 11.5 Å². The highest BCUT2D eigenvalue weighted by Crippen LogP contribution is 2.28. The Kier molecular flexibility index (Phi) is 6.87. The van der Waals surface area contributed by atoms with Crippen LogP contribution >= 0.6 is 0 Å². The van der Waals surface area contributed by atoms with Crippen LogP contribution in [0.1, 0.15) is 18.9 Å². The van der Waals surface area contributed by atoms with Gasteiger partial charge in [0.25, 0.3) is 0 Å². The zero-order chi connectivity index (χ0) is 15.0. The Balaban J connectivity index is 2.67. The summed E-state index contributed by atoms with van der Waals surface area (Å²) in [5.74, 6) is 1.25. The summed E-state index contributed by atoms with van der Waals surface area (Å²) in [6, 6.07) is 5.85. The van der Waals surface area contributed by atoms with Crippen LogP contribution in [0.2, 0.25) is 0 Å². The molecule has 1 rings (SSSR count). The number of nitrogens with zero attached hydrogens (tertiary/aromatic N) is 1. The van der Waals surface area contributed by atoms with Crippen molar-refractivity contribution in [3.63, 3.8) is 0 Å². The molecule has 0 spiro atoms. The van der Waals surface area contributed by atoms with Crippen LogP contribution in [0.15, 0.2) is 18.2 Å². The molecule has 0 bridgehead atoms. The van der Waals surface area contributed by atoms with Gasteiger partial charge < -0.3 is 14.2 Å². The molecule has 0 aliphatic carbocycles. The van der Waals surface area contributed by atoms with Gasteiger partial charge >= 0.3 is 5.97 Å². The molecule has 0 N–H and O–H groups in total. The highest BCUT2D eigenvalue weighted by Gasteiger charge is 2.10. The molecule has 112 valence electrons. The van der Waals surface area contributed by atoms with E-state index in [0.29, 0.717) is 24.5 Å². The first-order valence-corrected chi connectivity index (χ1v) is 6.64. The smallest absolute Gasteiger partial charge is 0.306 e. The Morgan fingerprint density at radius 1 is 1.15 bits per heavy atom. The predicted octanol–water partition coefficient (Wildman–Crippen LogP) is 2.09. The summed E-state index contributed by atoms with van der Waals surface area (Å²) in [5.41, 5.74) is 1.12. The fourth-order valence-electron chi connectivity index (χ4n) is 1.94. The van der Waals surface area contributed by atoms with E-state index in [-0.39, 0.29) is 5.97 Å². The summed E-state index contributed by atoms with van der Waals surface area (Å²) in [6.07, 6.45) is 0.400. The normalized spacial score (nSPS) is 10.4. The summed E-state index contributed by atoms with van der Waals surface area (Å²) in [5, 5.41) is 0. The van der Waals surface area contributed by atoms with Gasteiger partial charge in [0.2, 0.25) is 0 Å². The van der Waals surface area contributed by atoms with E-state index >= 15 is 0 Å². The lowest BCUT2D eigenvalue weighted by molar-refractivity contribution is -0.141. The van der Waals surface area contributed by atoms with E-state index < -0.39 is 0 Å². The minimum Gasteiger partial charge on any atom is -0.493 e. The Bertz CT molecular complexity index is 434. The van der Waals surface area contributed by atoms with E-state index in [1.807, 2.05) is 18.2 Å². The van der Waals surface area contributed by atoms with Crippen molar-refractivity contribution < 1.29 is 19.0 Å². The molecule has 0 saturated heterocycles. The highest BCUT2D eigenvalue weighted by atomic mass is 16.5. The van der Waals surface area contributed by atoms with E-state index in [4.69, 9.17) is 9.47 Å². The van der Waals surface area contributed by atoms with Crippen LogP contribution in [0.25, 0.3) is 0 Å². The molecule has 0 aromatic heterocycles. The molecule has 0 heterocycles. The second-order valence-electron chi connectivity index (χ2n) is 4.38. The topological polar surface area (TPSA) is 48.0 Å². The second-order valence-corrected chi connectivity index (χ2v) is 4.38. The molecule has 1 aromatic rings. The van der Waals surface area contributed by atoms with Crippen LogP contribution in [0.4, 0.5) is 0 Å². The van der Waals surface area contributed by atoms with Crippen molar-refractivity contribution in [2.75, 3.05) is 34.4 Å². The summed E-state index contributed by atoms with van der Waals surface area (Å²) in [4.78, 5) is 13.4. The van der Waals surface area contributed by atoms with Crippen molar-refractivity contribution in [1.29, 1.82) is 0 Å². The minimum atomic E-state index is -0.184. The number of esters is 1. The van der Waals surface area contributed by atoms with Crippen molar-refractivity contribution in [2.24, 2.45) is 0 Å². The average molecular weight is 281 g/mol. The maximum Gasteiger partial charge on any atom is 0.306 e. The first-order chi connectivity index (χ1) is 9.64. The molecule has 5 nitrogen and oxygen atoms in total. The van der Waals surface area contributed by atoms with E-state index in [1.165, 1.54) is 7.11 Å². The third-order valence-corrected chi connectivity index (χ3v) is 3.16. The molecule has 20 heavy (non-hydrogen) atoms. The van der Waals surface area contributed by atoms with Crippen LogP contribution in [-0.2, 0) is 16.1 Å². The summed E-state index contributed by atoms with van der Waals surface area (Å²) in [6.45, 7) is 4.37. The molecular formula is C15H23NO4. The molecule has 0 unspecified atom stereocenters. The van der Waals surface area contributed by atoms with E-state index in [1.54, 1.807) is 14.2 Å². The maximum atomic E-state index is 11.2. The second kappa shape index (κ2) is 8.43. The molecule has 0 fully saturated rings. The van der Waals surface area contributed by atoms with Crippen LogP contribution in [0, 0.1) is 0 Å². The van der Waals surface area contributed by atoms with Crippen molar-refractivity contribution in [1.82, 2.24) is 4.90 Å². The van der Waals surface area contributed by atoms with Gasteiger partial charge in [-0.05, 0) is 24.2 Å². The first kappa shape index (κ1) is 16.3. The molecule has 0 atom stereocenters. The summed E-state index contributed by atoms with van der Waals surface area (Å²) >= 11 is 0. The van der Waals surface area contributed by atoms with Gasteiger partial charge in [-0.3, -0.25) is 9.69 Å². The van der Waals surface area contributed by atoms with Crippen LogP contribution < -0.4 is 9.47 Å². The Morgan fingerprint density at radius 3 is 2.40 bits per heavy atom. The lowest BCUT2D eigenvalue weighted by Crippen LogP contribution is -2.26. The fraction of sp³-hybridized carbons (Fsp3) is 0.533. The number of hydrogen-bond donors (Lipinski definition) is 0. The van der Waals surface area contributed by atoms with Crippen LogP contribution in [-0.4, -0.2) is 45.3 Å². The van der Waals surface area contributed by atoms with E-state index in [0.717, 1.165) is 18.7 Å². The molecule has 0 aliphatic rings. The van der Waals surface area contributed by atoms with Crippen molar-refractivity contribution >= 4 is 5.97 Å². The van der Waals surface area contributed by atoms with Crippen LogP contribution in [0.5, 0.6) is 11.5 Å². The third kappa shape index (κ3) is 4.74. The van der Waals surface area contributed by atoms with Gasteiger partial charge in [-0.15, -0.1) is 0 Å². The Morgan fingerprint density at radius 2 is 1.85 bits per heavy atom. The fourth-order valence-corrected chi connectivity index (χ4v) is 1.94. The minimum absolute atomic E-state index is 0.184. The number of benzene rings is 1. The standard InChI is InChI=1S/C15H23NO4/c1-5-16(9-8-15(17)20-4)11-12-6-7-13(18-2)14(10-12)19-3/h6-7,10H,5,8-9,11H2,1-4H3. The molecule has 0 radical (unpaired) electrons. The summed E-state index contributed by atoms with van der Waals surface area (Å²) < 4.78 is 15.2. The predicted molar refractivity (Wildman–Crippen MR) is 77.1 cm³/mol. The monoisotopic (exact) mass is 281 g/mol. The van der Waals surface area contributed by atoms with Gasteiger partial charge in [0, 0.05) is 13.1 Å². The number of methoxy groups -OCH3 is 3. The summed E-state index contributed by atoms with van der Waals surface area (Å²) in [7, 11) is 4.65. The van der Waals surface area contributed by atoms with Gasteiger partial charge in [0.15, 0.2) is 11.5 Å². The number of carbonyl (C=O) groups excluding carboxylic acids is 1. The van der Waals surface area contributed by atoms with Gasteiger partial charge in [0.1, 0.15) is 0 Å². The maximum absolute atomic E-state index is 11.2. The molecule has 0 aliphatic heterocycles. The van der Waals surface area contributed by atoms with Crippen molar-refractivity contribution in [3.05, 3.63) is 23.8 Å². The average Bonchev–Trinajstić information content (AvgIpc) is 2.50. The largest absolute Gasteiger partial charge is 0.493 e. The van der Waals surface area contributed by atoms with Gasteiger partial charge in [-0.1, -0.05) is 13.0 Å². The number of ether oxygens (including phenoxy) is 3. The number of rotatable bonds is 8.